The molecule has 4 rings (SSSR count). The van der Waals surface area contributed by atoms with Gasteiger partial charge in [-0.25, -0.2) is 0 Å². The number of likely N-dealkylation sites (tertiary alicyclic amines) is 1. The zero-order valence-corrected chi connectivity index (χ0v) is 18.2. The maximum atomic E-state index is 13.4. The Morgan fingerprint density at radius 2 is 1.72 bits per heavy atom. The fourth-order valence-electron chi connectivity index (χ4n) is 4.32. The number of amides is 2. The molecule has 3 aromatic carbocycles. The summed E-state index contributed by atoms with van der Waals surface area (Å²) >= 11 is 0. The van der Waals surface area contributed by atoms with Gasteiger partial charge in [-0.15, -0.1) is 0 Å². The molecule has 1 aliphatic rings. The minimum absolute atomic E-state index is 0.0267. The second-order valence-electron chi connectivity index (χ2n) is 8.03. The van der Waals surface area contributed by atoms with Gasteiger partial charge in [-0.05, 0) is 48.2 Å². The molecular weight excluding hydrogens is 400 g/mol. The van der Waals surface area contributed by atoms with Crippen molar-refractivity contribution in [2.24, 2.45) is 0 Å². The number of nitrogens with one attached hydrogen (secondary N) is 1. The van der Waals surface area contributed by atoms with Crippen molar-refractivity contribution in [1.82, 2.24) is 10.2 Å². The summed E-state index contributed by atoms with van der Waals surface area (Å²) in [6, 6.07) is 26.3. The molecule has 1 N–H and O–H groups in total. The van der Waals surface area contributed by atoms with Crippen molar-refractivity contribution in [3.8, 4) is 5.75 Å². The quantitative estimate of drug-likeness (QED) is 0.581. The average Bonchev–Trinajstić information content (AvgIpc) is 3.35. The number of carbonyl (C=O) groups excluding carboxylic acids is 2. The second kappa shape index (κ2) is 10.1. The zero-order chi connectivity index (χ0) is 22.3. The van der Waals surface area contributed by atoms with Crippen LogP contribution >= 0.6 is 0 Å². The molecule has 0 aromatic heterocycles. The van der Waals surface area contributed by atoms with Crippen molar-refractivity contribution in [2.45, 2.75) is 31.3 Å². The van der Waals surface area contributed by atoms with Gasteiger partial charge in [-0.2, -0.15) is 0 Å². The summed E-state index contributed by atoms with van der Waals surface area (Å²) in [7, 11) is 1.65. The third kappa shape index (κ3) is 4.99. The van der Waals surface area contributed by atoms with E-state index >= 15 is 0 Å². The van der Waals surface area contributed by atoms with Gasteiger partial charge in [0.2, 0.25) is 5.91 Å². The molecule has 1 heterocycles. The summed E-state index contributed by atoms with van der Waals surface area (Å²) in [4.78, 5) is 28.2. The molecule has 2 unspecified atom stereocenters. The van der Waals surface area contributed by atoms with E-state index in [1.165, 1.54) is 0 Å². The Labute approximate surface area is 189 Å². The fraction of sp³-hybridized carbons (Fsp3) is 0.259. The van der Waals surface area contributed by atoms with Crippen LogP contribution in [0.1, 0.15) is 52.8 Å². The summed E-state index contributed by atoms with van der Waals surface area (Å²) in [6.07, 6.45) is 2.09. The normalized spacial score (nSPS) is 16.4. The van der Waals surface area contributed by atoms with Crippen LogP contribution in [0.4, 0.5) is 0 Å². The molecule has 0 aliphatic carbocycles. The van der Waals surface area contributed by atoms with Crippen molar-refractivity contribution >= 4 is 11.8 Å². The van der Waals surface area contributed by atoms with E-state index in [-0.39, 0.29) is 24.3 Å². The Hall–Kier alpha value is -3.60. The van der Waals surface area contributed by atoms with Gasteiger partial charge in [0.15, 0.2) is 0 Å². The Morgan fingerprint density at radius 3 is 2.44 bits per heavy atom. The van der Waals surface area contributed by atoms with E-state index in [0.29, 0.717) is 5.56 Å². The number of nitrogens with zero attached hydrogens (tertiary/aromatic N) is 1. The SMILES string of the molecule is COc1cccc(C2CCCN2C(=O)CC(NC(=O)c2ccccc2)c2ccccc2)c1. The minimum atomic E-state index is -0.400. The molecule has 1 saturated heterocycles. The van der Waals surface area contributed by atoms with E-state index in [9.17, 15) is 9.59 Å². The summed E-state index contributed by atoms with van der Waals surface area (Å²) in [5, 5.41) is 3.07. The number of benzene rings is 3. The molecule has 0 spiro atoms. The van der Waals surface area contributed by atoms with Crippen LogP contribution in [0.5, 0.6) is 5.75 Å². The molecule has 3 aromatic rings. The summed E-state index contributed by atoms with van der Waals surface area (Å²) in [5.41, 5.74) is 2.58. The van der Waals surface area contributed by atoms with Crippen molar-refractivity contribution in [3.05, 3.63) is 102 Å². The molecule has 5 heteroatoms. The molecule has 32 heavy (non-hydrogen) atoms. The number of hydrogen-bond donors (Lipinski definition) is 1. The number of methoxy groups -OCH3 is 1. The van der Waals surface area contributed by atoms with E-state index in [2.05, 4.69) is 5.32 Å². The Kier molecular flexibility index (Phi) is 6.85. The van der Waals surface area contributed by atoms with Crippen molar-refractivity contribution in [1.29, 1.82) is 0 Å². The van der Waals surface area contributed by atoms with Crippen LogP contribution in [-0.2, 0) is 4.79 Å². The highest BCUT2D eigenvalue weighted by molar-refractivity contribution is 5.94. The second-order valence-corrected chi connectivity index (χ2v) is 8.03. The van der Waals surface area contributed by atoms with Crippen LogP contribution in [0.3, 0.4) is 0 Å². The topological polar surface area (TPSA) is 58.6 Å². The molecular formula is C27H28N2O3. The number of rotatable bonds is 7. The van der Waals surface area contributed by atoms with Gasteiger partial charge in [0.05, 0.1) is 25.6 Å². The third-order valence-electron chi connectivity index (χ3n) is 5.97. The number of hydrogen-bond acceptors (Lipinski definition) is 3. The van der Waals surface area contributed by atoms with Gasteiger partial charge in [0.25, 0.3) is 5.91 Å². The first-order chi connectivity index (χ1) is 15.7. The first-order valence-corrected chi connectivity index (χ1v) is 11.0. The Balaban J connectivity index is 1.53. The lowest BCUT2D eigenvalue weighted by atomic mass is 10.0. The van der Waals surface area contributed by atoms with Crippen LogP contribution in [-0.4, -0.2) is 30.4 Å². The third-order valence-corrected chi connectivity index (χ3v) is 5.97. The van der Waals surface area contributed by atoms with E-state index in [0.717, 1.165) is 36.3 Å². The van der Waals surface area contributed by atoms with Gasteiger partial charge < -0.3 is 15.0 Å². The molecule has 2 amide bonds. The first kappa shape index (κ1) is 21.6. The van der Waals surface area contributed by atoms with Crippen molar-refractivity contribution in [3.63, 3.8) is 0 Å². The lowest BCUT2D eigenvalue weighted by molar-refractivity contribution is -0.132. The molecule has 0 bridgehead atoms. The molecule has 1 aliphatic heterocycles. The predicted molar refractivity (Wildman–Crippen MR) is 124 cm³/mol. The lowest BCUT2D eigenvalue weighted by Crippen LogP contribution is -2.36. The number of ether oxygens (including phenoxy) is 1. The predicted octanol–water partition coefficient (Wildman–Crippen LogP) is 4.92. The summed E-state index contributed by atoms with van der Waals surface area (Å²) in [5.74, 6) is 0.648. The van der Waals surface area contributed by atoms with Gasteiger partial charge in [0, 0.05) is 12.1 Å². The monoisotopic (exact) mass is 428 g/mol. The highest BCUT2D eigenvalue weighted by Gasteiger charge is 2.32. The highest BCUT2D eigenvalue weighted by Crippen LogP contribution is 2.34. The molecule has 1 fully saturated rings. The Morgan fingerprint density at radius 1 is 1.00 bits per heavy atom. The summed E-state index contributed by atoms with van der Waals surface area (Å²) < 4.78 is 5.37. The van der Waals surface area contributed by atoms with Crippen molar-refractivity contribution < 1.29 is 14.3 Å². The van der Waals surface area contributed by atoms with Gasteiger partial charge in [-0.3, -0.25) is 9.59 Å². The summed E-state index contributed by atoms with van der Waals surface area (Å²) in [6.45, 7) is 0.717. The smallest absolute Gasteiger partial charge is 0.251 e. The minimum Gasteiger partial charge on any atom is -0.497 e. The zero-order valence-electron chi connectivity index (χ0n) is 18.2. The Bertz CT molecular complexity index is 1050. The van der Waals surface area contributed by atoms with E-state index in [1.807, 2.05) is 77.7 Å². The van der Waals surface area contributed by atoms with E-state index in [1.54, 1.807) is 19.2 Å². The maximum Gasteiger partial charge on any atom is 0.251 e. The molecule has 2 atom stereocenters. The molecule has 164 valence electrons. The van der Waals surface area contributed by atoms with E-state index in [4.69, 9.17) is 4.74 Å². The maximum absolute atomic E-state index is 13.4. The van der Waals surface area contributed by atoms with Gasteiger partial charge in [-0.1, -0.05) is 60.7 Å². The van der Waals surface area contributed by atoms with Crippen molar-refractivity contribution in [2.75, 3.05) is 13.7 Å². The lowest BCUT2D eigenvalue weighted by Gasteiger charge is -2.28. The largest absolute Gasteiger partial charge is 0.497 e. The van der Waals surface area contributed by atoms with Crippen LogP contribution in [0.25, 0.3) is 0 Å². The number of carbonyl (C=O) groups is 2. The van der Waals surface area contributed by atoms with Crippen LogP contribution in [0.15, 0.2) is 84.9 Å². The van der Waals surface area contributed by atoms with Crippen LogP contribution in [0.2, 0.25) is 0 Å². The van der Waals surface area contributed by atoms with Crippen LogP contribution < -0.4 is 10.1 Å². The van der Waals surface area contributed by atoms with Gasteiger partial charge in [0.1, 0.15) is 5.75 Å². The van der Waals surface area contributed by atoms with Crippen LogP contribution in [0, 0.1) is 0 Å². The average molecular weight is 429 g/mol. The van der Waals surface area contributed by atoms with E-state index < -0.39 is 6.04 Å². The van der Waals surface area contributed by atoms with Gasteiger partial charge >= 0.3 is 0 Å². The first-order valence-electron chi connectivity index (χ1n) is 11.0. The molecule has 0 saturated carbocycles. The highest BCUT2D eigenvalue weighted by atomic mass is 16.5. The standard InChI is InChI=1S/C27H28N2O3/c1-32-23-15-8-14-22(18-23)25-16-9-17-29(25)26(30)19-24(20-10-4-2-5-11-20)28-27(31)21-12-6-3-7-13-21/h2-8,10-15,18,24-25H,9,16-17,19H2,1H3,(H,28,31). The molecule has 5 nitrogen and oxygen atoms in total. The molecule has 0 radical (unpaired) electrons. The fourth-order valence-corrected chi connectivity index (χ4v) is 4.32.